The summed E-state index contributed by atoms with van der Waals surface area (Å²) in [5, 5.41) is 8.60. The van der Waals surface area contributed by atoms with Gasteiger partial charge < -0.3 is 9.84 Å². The molecule has 0 aliphatic rings. The van der Waals surface area contributed by atoms with E-state index in [9.17, 15) is 0 Å². The molecule has 62 valence electrons. The van der Waals surface area contributed by atoms with Crippen molar-refractivity contribution < 1.29 is 9.84 Å². The second-order valence-electron chi connectivity index (χ2n) is 3.00. The van der Waals surface area contributed by atoms with Crippen molar-refractivity contribution in [3.63, 3.8) is 0 Å². The van der Waals surface area contributed by atoms with Crippen molar-refractivity contribution in [1.29, 1.82) is 0 Å². The van der Waals surface area contributed by atoms with Gasteiger partial charge in [-0.25, -0.2) is 0 Å². The summed E-state index contributed by atoms with van der Waals surface area (Å²) < 4.78 is 5.14. The van der Waals surface area contributed by atoms with E-state index >= 15 is 0 Å². The summed E-state index contributed by atoms with van der Waals surface area (Å²) in [5.41, 5.74) is 0. The minimum Gasteiger partial charge on any atom is -0.396 e. The Kier molecular flexibility index (Phi) is 5.64. The first-order chi connectivity index (χ1) is 4.70. The maximum absolute atomic E-state index is 8.60. The highest BCUT2D eigenvalue weighted by atomic mass is 16.5. The van der Waals surface area contributed by atoms with Gasteiger partial charge in [0.15, 0.2) is 0 Å². The highest BCUT2D eigenvalue weighted by Crippen LogP contribution is 2.09. The van der Waals surface area contributed by atoms with Gasteiger partial charge in [-0.3, -0.25) is 0 Å². The van der Waals surface area contributed by atoms with Crippen LogP contribution in [0.5, 0.6) is 0 Å². The summed E-state index contributed by atoms with van der Waals surface area (Å²) >= 11 is 0. The van der Waals surface area contributed by atoms with Crippen LogP contribution in [-0.2, 0) is 4.74 Å². The van der Waals surface area contributed by atoms with Gasteiger partial charge >= 0.3 is 0 Å². The van der Waals surface area contributed by atoms with Crippen molar-refractivity contribution in [2.75, 3.05) is 13.7 Å². The molecule has 0 fully saturated rings. The Hall–Kier alpha value is -0.0800. The molecule has 0 saturated carbocycles. The monoisotopic (exact) mass is 146 g/mol. The van der Waals surface area contributed by atoms with E-state index in [1.807, 2.05) is 0 Å². The highest BCUT2D eigenvalue weighted by Gasteiger charge is 2.07. The third-order valence-corrected chi connectivity index (χ3v) is 1.52. The Morgan fingerprint density at radius 1 is 1.40 bits per heavy atom. The van der Waals surface area contributed by atoms with E-state index in [-0.39, 0.29) is 12.7 Å². The zero-order valence-corrected chi connectivity index (χ0v) is 7.13. The number of ether oxygens (including phenoxy) is 1. The summed E-state index contributed by atoms with van der Waals surface area (Å²) in [6, 6.07) is 0. The van der Waals surface area contributed by atoms with Crippen LogP contribution in [0, 0.1) is 5.92 Å². The molecule has 0 aliphatic carbocycles. The number of aliphatic hydroxyl groups is 1. The Bertz CT molecular complexity index is 71.7. The van der Waals surface area contributed by atoms with Gasteiger partial charge in [0.2, 0.25) is 0 Å². The molecule has 2 heteroatoms. The highest BCUT2D eigenvalue weighted by molar-refractivity contribution is 4.58. The molecule has 0 saturated heterocycles. The SMILES string of the molecule is COC(CCO)CC(C)C. The van der Waals surface area contributed by atoms with Gasteiger partial charge in [0.1, 0.15) is 0 Å². The minimum atomic E-state index is 0.227. The molecule has 0 aromatic rings. The topological polar surface area (TPSA) is 29.5 Å². The number of hydrogen-bond acceptors (Lipinski definition) is 2. The van der Waals surface area contributed by atoms with E-state index in [4.69, 9.17) is 9.84 Å². The first-order valence-corrected chi connectivity index (χ1v) is 3.84. The normalized spacial score (nSPS) is 14.1. The van der Waals surface area contributed by atoms with Crippen LogP contribution >= 0.6 is 0 Å². The van der Waals surface area contributed by atoms with Crippen molar-refractivity contribution in [2.45, 2.75) is 32.8 Å². The Balaban J connectivity index is 3.39. The number of methoxy groups -OCH3 is 1. The molecule has 0 spiro atoms. The fourth-order valence-electron chi connectivity index (χ4n) is 1.00. The van der Waals surface area contributed by atoms with E-state index < -0.39 is 0 Å². The van der Waals surface area contributed by atoms with E-state index in [0.717, 1.165) is 12.8 Å². The van der Waals surface area contributed by atoms with E-state index in [1.165, 1.54) is 0 Å². The summed E-state index contributed by atoms with van der Waals surface area (Å²) in [5.74, 6) is 0.650. The maximum Gasteiger partial charge on any atom is 0.0595 e. The molecule has 0 radical (unpaired) electrons. The van der Waals surface area contributed by atoms with Crippen LogP contribution in [0.2, 0.25) is 0 Å². The smallest absolute Gasteiger partial charge is 0.0595 e. The van der Waals surface area contributed by atoms with Gasteiger partial charge in [-0.1, -0.05) is 13.8 Å². The molecule has 1 N–H and O–H groups in total. The third-order valence-electron chi connectivity index (χ3n) is 1.52. The lowest BCUT2D eigenvalue weighted by molar-refractivity contribution is 0.0619. The van der Waals surface area contributed by atoms with Crippen LogP contribution in [0.15, 0.2) is 0 Å². The molecule has 0 bridgehead atoms. The van der Waals surface area contributed by atoms with Crippen LogP contribution < -0.4 is 0 Å². The standard InChI is InChI=1S/C8H18O2/c1-7(2)6-8(10-3)4-5-9/h7-9H,4-6H2,1-3H3. The molecule has 0 aromatic carbocycles. The lowest BCUT2D eigenvalue weighted by Crippen LogP contribution is -2.14. The van der Waals surface area contributed by atoms with Gasteiger partial charge in [-0.15, -0.1) is 0 Å². The van der Waals surface area contributed by atoms with Crippen molar-refractivity contribution >= 4 is 0 Å². The average Bonchev–Trinajstić information content (AvgIpc) is 1.86. The van der Waals surface area contributed by atoms with Crippen LogP contribution in [0.1, 0.15) is 26.7 Å². The van der Waals surface area contributed by atoms with Crippen molar-refractivity contribution in [2.24, 2.45) is 5.92 Å². The molecule has 10 heavy (non-hydrogen) atoms. The maximum atomic E-state index is 8.60. The largest absolute Gasteiger partial charge is 0.396 e. The average molecular weight is 146 g/mol. The van der Waals surface area contributed by atoms with Crippen LogP contribution in [0.25, 0.3) is 0 Å². The molecular formula is C8H18O2. The van der Waals surface area contributed by atoms with Crippen LogP contribution in [0.4, 0.5) is 0 Å². The van der Waals surface area contributed by atoms with E-state index in [2.05, 4.69) is 13.8 Å². The molecule has 0 amide bonds. The summed E-state index contributed by atoms with van der Waals surface area (Å²) in [6.45, 7) is 4.54. The second kappa shape index (κ2) is 5.69. The fourth-order valence-corrected chi connectivity index (χ4v) is 1.00. The third kappa shape index (κ3) is 4.77. The summed E-state index contributed by atoms with van der Waals surface area (Å²) in [7, 11) is 1.70. The second-order valence-corrected chi connectivity index (χ2v) is 3.00. The van der Waals surface area contributed by atoms with Gasteiger partial charge in [0, 0.05) is 13.7 Å². The Morgan fingerprint density at radius 2 is 2.00 bits per heavy atom. The Morgan fingerprint density at radius 3 is 2.30 bits per heavy atom. The van der Waals surface area contributed by atoms with Gasteiger partial charge in [0.25, 0.3) is 0 Å². The van der Waals surface area contributed by atoms with E-state index in [0.29, 0.717) is 5.92 Å². The molecule has 2 nitrogen and oxygen atoms in total. The summed E-state index contributed by atoms with van der Waals surface area (Å²) in [6.07, 6.45) is 2.04. The molecule has 0 rings (SSSR count). The fraction of sp³-hybridized carbons (Fsp3) is 1.00. The van der Waals surface area contributed by atoms with Crippen LogP contribution in [0.3, 0.4) is 0 Å². The first kappa shape index (κ1) is 9.92. The minimum absolute atomic E-state index is 0.227. The molecular weight excluding hydrogens is 128 g/mol. The molecule has 1 unspecified atom stereocenters. The van der Waals surface area contributed by atoms with Gasteiger partial charge in [-0.2, -0.15) is 0 Å². The number of aliphatic hydroxyl groups excluding tert-OH is 1. The first-order valence-electron chi connectivity index (χ1n) is 3.84. The van der Waals surface area contributed by atoms with Crippen molar-refractivity contribution in [3.8, 4) is 0 Å². The molecule has 1 atom stereocenters. The molecule has 0 heterocycles. The lowest BCUT2D eigenvalue weighted by Gasteiger charge is -2.15. The van der Waals surface area contributed by atoms with Gasteiger partial charge in [-0.05, 0) is 18.8 Å². The van der Waals surface area contributed by atoms with Crippen molar-refractivity contribution in [1.82, 2.24) is 0 Å². The van der Waals surface area contributed by atoms with E-state index in [1.54, 1.807) is 7.11 Å². The van der Waals surface area contributed by atoms with Crippen LogP contribution in [-0.4, -0.2) is 24.9 Å². The zero-order valence-electron chi connectivity index (χ0n) is 7.13. The summed E-state index contributed by atoms with van der Waals surface area (Å²) in [4.78, 5) is 0. The predicted molar refractivity (Wildman–Crippen MR) is 42.0 cm³/mol. The number of rotatable bonds is 5. The Labute approximate surface area is 63.2 Å². The number of hydrogen-bond donors (Lipinski definition) is 1. The zero-order chi connectivity index (χ0) is 7.98. The lowest BCUT2D eigenvalue weighted by atomic mass is 10.0. The quantitative estimate of drug-likeness (QED) is 0.635. The predicted octanol–water partition coefficient (Wildman–Crippen LogP) is 1.43. The molecule has 0 aliphatic heterocycles. The van der Waals surface area contributed by atoms with Gasteiger partial charge in [0.05, 0.1) is 6.10 Å². The molecule has 0 aromatic heterocycles. The van der Waals surface area contributed by atoms with Crippen molar-refractivity contribution in [3.05, 3.63) is 0 Å².